The third kappa shape index (κ3) is 5.03. The number of nitrogens with one attached hydrogen (secondary N) is 1. The van der Waals surface area contributed by atoms with E-state index in [1.807, 2.05) is 23.1 Å². The molecule has 138 valence electrons. The first-order valence-electron chi connectivity index (χ1n) is 8.98. The first-order chi connectivity index (χ1) is 12.2. The summed E-state index contributed by atoms with van der Waals surface area (Å²) in [5, 5.41) is 0.508. The molecule has 1 N–H and O–H groups in total. The van der Waals surface area contributed by atoms with E-state index in [2.05, 4.69) is 16.5 Å². The maximum atomic E-state index is 12.8. The van der Waals surface area contributed by atoms with Crippen molar-refractivity contribution in [2.75, 3.05) is 49.8 Å². The minimum absolute atomic E-state index is 0.0245. The maximum Gasteiger partial charge on any atom is 0.255 e. The van der Waals surface area contributed by atoms with Crippen molar-refractivity contribution in [2.45, 2.75) is 25.9 Å². The van der Waals surface area contributed by atoms with Crippen LogP contribution in [0.2, 0.25) is 5.02 Å². The van der Waals surface area contributed by atoms with Gasteiger partial charge in [-0.3, -0.25) is 9.69 Å². The van der Waals surface area contributed by atoms with E-state index < -0.39 is 0 Å². The van der Waals surface area contributed by atoms with E-state index in [1.165, 1.54) is 6.42 Å². The van der Waals surface area contributed by atoms with Gasteiger partial charge in [-0.1, -0.05) is 30.5 Å². The third-order valence-corrected chi connectivity index (χ3v) is 5.66. The van der Waals surface area contributed by atoms with E-state index in [1.54, 1.807) is 11.9 Å². The summed E-state index contributed by atoms with van der Waals surface area (Å²) in [5.74, 6) is 0.991. The van der Waals surface area contributed by atoms with Crippen molar-refractivity contribution in [2.24, 2.45) is 0 Å². The summed E-state index contributed by atoms with van der Waals surface area (Å²) in [7, 11) is 0. The predicted molar refractivity (Wildman–Crippen MR) is 105 cm³/mol. The van der Waals surface area contributed by atoms with Gasteiger partial charge in [-0.2, -0.15) is 0 Å². The molecular formula is C18H26ClN3O2S. The Hall–Kier alpha value is -0.950. The first kappa shape index (κ1) is 18.8. The molecule has 2 fully saturated rings. The Bertz CT molecular complexity index is 588. The lowest BCUT2D eigenvalue weighted by molar-refractivity contribution is 0.0433. The van der Waals surface area contributed by atoms with E-state index in [9.17, 15) is 4.79 Å². The zero-order valence-corrected chi connectivity index (χ0v) is 16.2. The van der Waals surface area contributed by atoms with Crippen LogP contribution in [0.1, 0.15) is 30.1 Å². The standard InChI is InChI=1S/C18H26ClN3O2S/c1-2-25-20-14-5-6-16(17(19)12-14)18(23)22-9-7-21(8-10-22)13-15-4-3-11-24-15/h5-6,12,15,20H,2-4,7-11,13H2,1H3. The van der Waals surface area contributed by atoms with E-state index in [0.717, 1.165) is 57.2 Å². The van der Waals surface area contributed by atoms with Crippen molar-refractivity contribution >= 4 is 35.1 Å². The van der Waals surface area contributed by atoms with Gasteiger partial charge in [0.1, 0.15) is 0 Å². The smallest absolute Gasteiger partial charge is 0.255 e. The maximum absolute atomic E-state index is 12.8. The number of carbonyl (C=O) groups is 1. The van der Waals surface area contributed by atoms with Gasteiger partial charge in [-0.05, 0) is 31.0 Å². The van der Waals surface area contributed by atoms with Crippen LogP contribution in [-0.2, 0) is 4.74 Å². The molecule has 5 nitrogen and oxygen atoms in total. The molecule has 0 radical (unpaired) electrons. The average molecular weight is 384 g/mol. The van der Waals surface area contributed by atoms with Gasteiger partial charge >= 0.3 is 0 Å². The molecule has 0 aliphatic carbocycles. The summed E-state index contributed by atoms with van der Waals surface area (Å²) >= 11 is 7.95. The van der Waals surface area contributed by atoms with Gasteiger partial charge in [0.15, 0.2) is 0 Å². The second-order valence-electron chi connectivity index (χ2n) is 6.46. The van der Waals surface area contributed by atoms with E-state index >= 15 is 0 Å². The number of benzene rings is 1. The number of ether oxygens (including phenoxy) is 1. The van der Waals surface area contributed by atoms with Gasteiger partial charge in [0.05, 0.1) is 16.7 Å². The van der Waals surface area contributed by atoms with Gasteiger partial charge < -0.3 is 14.4 Å². The summed E-state index contributed by atoms with van der Waals surface area (Å²) in [6.07, 6.45) is 2.70. The molecule has 1 aromatic carbocycles. The second-order valence-corrected chi connectivity index (χ2v) is 7.93. The molecule has 2 heterocycles. The normalized spacial score (nSPS) is 21.5. The van der Waals surface area contributed by atoms with Gasteiger partial charge in [-0.15, -0.1) is 0 Å². The number of piperazine rings is 1. The van der Waals surface area contributed by atoms with Crippen molar-refractivity contribution in [1.29, 1.82) is 0 Å². The van der Waals surface area contributed by atoms with E-state index in [-0.39, 0.29) is 5.91 Å². The average Bonchev–Trinajstić information content (AvgIpc) is 3.13. The number of anilines is 1. The Labute approximate surface area is 159 Å². The van der Waals surface area contributed by atoms with Crippen LogP contribution in [0.4, 0.5) is 5.69 Å². The highest BCUT2D eigenvalue weighted by molar-refractivity contribution is 8.00. The number of hydrogen-bond donors (Lipinski definition) is 1. The monoisotopic (exact) mass is 383 g/mol. The number of hydrogen-bond acceptors (Lipinski definition) is 5. The fraction of sp³-hybridized carbons (Fsp3) is 0.611. The van der Waals surface area contributed by atoms with Crippen LogP contribution in [0.5, 0.6) is 0 Å². The van der Waals surface area contributed by atoms with Gasteiger partial charge in [0, 0.05) is 50.8 Å². The van der Waals surface area contributed by atoms with Crippen molar-refractivity contribution in [1.82, 2.24) is 9.80 Å². The topological polar surface area (TPSA) is 44.8 Å². The summed E-state index contributed by atoms with van der Waals surface area (Å²) in [6, 6.07) is 5.56. The zero-order valence-electron chi connectivity index (χ0n) is 14.7. The highest BCUT2D eigenvalue weighted by atomic mass is 35.5. The quantitative estimate of drug-likeness (QED) is 0.763. The number of rotatable bonds is 6. The Morgan fingerprint density at radius 2 is 2.16 bits per heavy atom. The number of nitrogens with zero attached hydrogens (tertiary/aromatic N) is 2. The fourth-order valence-corrected chi connectivity index (χ4v) is 3.99. The van der Waals surface area contributed by atoms with Crippen LogP contribution in [-0.4, -0.2) is 66.9 Å². The summed E-state index contributed by atoms with van der Waals surface area (Å²) in [4.78, 5) is 17.1. The molecule has 0 aromatic heterocycles. The highest BCUT2D eigenvalue weighted by Crippen LogP contribution is 2.24. The summed E-state index contributed by atoms with van der Waals surface area (Å²) in [6.45, 7) is 7.24. The molecule has 1 atom stereocenters. The van der Waals surface area contributed by atoms with Crippen LogP contribution in [0.15, 0.2) is 18.2 Å². The zero-order chi connectivity index (χ0) is 17.6. The minimum Gasteiger partial charge on any atom is -0.377 e. The Morgan fingerprint density at radius 3 is 2.80 bits per heavy atom. The van der Waals surface area contributed by atoms with E-state index in [0.29, 0.717) is 16.7 Å². The largest absolute Gasteiger partial charge is 0.377 e. The van der Waals surface area contributed by atoms with Crippen molar-refractivity contribution < 1.29 is 9.53 Å². The summed E-state index contributed by atoms with van der Waals surface area (Å²) in [5.41, 5.74) is 1.51. The molecule has 1 unspecified atom stereocenters. The lowest BCUT2D eigenvalue weighted by Crippen LogP contribution is -2.50. The van der Waals surface area contributed by atoms with Crippen LogP contribution in [0.25, 0.3) is 0 Å². The first-order valence-corrected chi connectivity index (χ1v) is 10.3. The Morgan fingerprint density at radius 1 is 1.36 bits per heavy atom. The van der Waals surface area contributed by atoms with Crippen molar-refractivity contribution in [3.63, 3.8) is 0 Å². The molecule has 1 aromatic rings. The fourth-order valence-electron chi connectivity index (χ4n) is 3.29. The van der Waals surface area contributed by atoms with Crippen LogP contribution >= 0.6 is 23.5 Å². The van der Waals surface area contributed by atoms with Crippen molar-refractivity contribution in [3.05, 3.63) is 28.8 Å². The van der Waals surface area contributed by atoms with E-state index in [4.69, 9.17) is 16.3 Å². The molecule has 2 aliphatic heterocycles. The molecule has 7 heteroatoms. The Balaban J connectivity index is 1.53. The van der Waals surface area contributed by atoms with Gasteiger partial charge in [0.2, 0.25) is 0 Å². The lowest BCUT2D eigenvalue weighted by atomic mass is 10.1. The molecular weight excluding hydrogens is 358 g/mol. The van der Waals surface area contributed by atoms with Crippen molar-refractivity contribution in [3.8, 4) is 0 Å². The molecule has 2 saturated heterocycles. The lowest BCUT2D eigenvalue weighted by Gasteiger charge is -2.35. The predicted octanol–water partition coefficient (Wildman–Crippen LogP) is 3.36. The molecule has 25 heavy (non-hydrogen) atoms. The molecule has 1 amide bonds. The Kier molecular flexibility index (Phi) is 6.87. The number of amides is 1. The van der Waals surface area contributed by atoms with Gasteiger partial charge in [-0.25, -0.2) is 0 Å². The molecule has 3 rings (SSSR count). The molecule has 0 bridgehead atoms. The van der Waals surface area contributed by atoms with Crippen LogP contribution in [0.3, 0.4) is 0 Å². The minimum atomic E-state index is 0.0245. The van der Waals surface area contributed by atoms with Crippen LogP contribution < -0.4 is 4.72 Å². The molecule has 2 aliphatic rings. The molecule has 0 saturated carbocycles. The number of halogens is 1. The second kappa shape index (κ2) is 9.12. The third-order valence-electron chi connectivity index (χ3n) is 4.68. The summed E-state index contributed by atoms with van der Waals surface area (Å²) < 4.78 is 8.92. The number of carbonyl (C=O) groups excluding carboxylic acids is 1. The van der Waals surface area contributed by atoms with Crippen LogP contribution in [0, 0.1) is 0 Å². The highest BCUT2D eigenvalue weighted by Gasteiger charge is 2.26. The SMILES string of the molecule is CCSNc1ccc(C(=O)N2CCN(CC3CCCO3)CC2)c(Cl)c1. The van der Waals surface area contributed by atoms with Gasteiger partial charge in [0.25, 0.3) is 5.91 Å². The molecule has 0 spiro atoms.